The molecule has 3 heteroatoms. The highest BCUT2D eigenvalue weighted by atomic mass is 35.5. The van der Waals surface area contributed by atoms with Gasteiger partial charge in [-0.2, -0.15) is 0 Å². The number of unbranched alkanes of at least 4 members (excludes halogenated alkanes) is 5. The van der Waals surface area contributed by atoms with Gasteiger partial charge in [0, 0.05) is 0 Å². The highest BCUT2D eigenvalue weighted by Crippen LogP contribution is 2.29. The number of benzene rings is 1. The normalized spacial score (nSPS) is 12.4. The van der Waals surface area contributed by atoms with E-state index in [2.05, 4.69) is 6.92 Å². The zero-order valence-corrected chi connectivity index (χ0v) is 12.7. The Morgan fingerprint density at radius 1 is 1.16 bits per heavy atom. The minimum absolute atomic E-state index is 0.422. The first-order valence-electron chi connectivity index (χ1n) is 7.20. The largest absolute Gasteiger partial charge is 0.495 e. The van der Waals surface area contributed by atoms with E-state index in [0.29, 0.717) is 10.8 Å². The van der Waals surface area contributed by atoms with Crippen molar-refractivity contribution in [2.75, 3.05) is 7.11 Å². The molecule has 0 amide bonds. The van der Waals surface area contributed by atoms with Gasteiger partial charge >= 0.3 is 0 Å². The molecule has 1 aromatic rings. The lowest BCUT2D eigenvalue weighted by Crippen LogP contribution is -1.98. The Balaban J connectivity index is 2.33. The van der Waals surface area contributed by atoms with Gasteiger partial charge < -0.3 is 9.84 Å². The molecule has 1 aromatic carbocycles. The van der Waals surface area contributed by atoms with E-state index in [-0.39, 0.29) is 0 Å². The smallest absolute Gasteiger partial charge is 0.137 e. The number of rotatable bonds is 9. The summed E-state index contributed by atoms with van der Waals surface area (Å²) >= 11 is 6.06. The summed E-state index contributed by atoms with van der Waals surface area (Å²) in [6.45, 7) is 2.22. The molecule has 0 fully saturated rings. The molecule has 2 nitrogen and oxygen atoms in total. The molecule has 1 N–H and O–H groups in total. The van der Waals surface area contributed by atoms with Gasteiger partial charge in [0.15, 0.2) is 0 Å². The maximum absolute atomic E-state index is 10.1. The second-order valence-electron chi connectivity index (χ2n) is 4.97. The predicted molar refractivity (Wildman–Crippen MR) is 81.0 cm³/mol. The second kappa shape index (κ2) is 9.22. The summed E-state index contributed by atoms with van der Waals surface area (Å²) in [7, 11) is 1.59. The molecule has 0 aliphatic rings. The maximum atomic E-state index is 10.1. The van der Waals surface area contributed by atoms with E-state index in [1.165, 1.54) is 32.1 Å². The maximum Gasteiger partial charge on any atom is 0.137 e. The number of halogens is 1. The van der Waals surface area contributed by atoms with Gasteiger partial charge in [-0.25, -0.2) is 0 Å². The van der Waals surface area contributed by atoms with Crippen LogP contribution >= 0.6 is 11.6 Å². The van der Waals surface area contributed by atoms with Crippen LogP contribution in [-0.2, 0) is 0 Å². The van der Waals surface area contributed by atoms with Crippen LogP contribution in [0.2, 0.25) is 5.02 Å². The number of methoxy groups -OCH3 is 1. The van der Waals surface area contributed by atoms with Crippen LogP contribution in [0.25, 0.3) is 0 Å². The molecule has 0 aliphatic carbocycles. The molecule has 0 bridgehead atoms. The van der Waals surface area contributed by atoms with Crippen molar-refractivity contribution in [1.82, 2.24) is 0 Å². The summed E-state index contributed by atoms with van der Waals surface area (Å²) in [5.74, 6) is 0.650. The average molecular weight is 285 g/mol. The van der Waals surface area contributed by atoms with Crippen LogP contribution in [0.1, 0.15) is 63.5 Å². The predicted octanol–water partition coefficient (Wildman–Crippen LogP) is 5.13. The number of ether oxygens (including phenoxy) is 1. The molecule has 0 radical (unpaired) electrons. The number of aliphatic hydroxyl groups is 1. The Bertz CT molecular complexity index is 366. The summed E-state index contributed by atoms with van der Waals surface area (Å²) in [5, 5.41) is 10.7. The third kappa shape index (κ3) is 5.84. The van der Waals surface area contributed by atoms with E-state index in [1.54, 1.807) is 13.2 Å². The Hall–Kier alpha value is -0.730. The van der Waals surface area contributed by atoms with E-state index in [9.17, 15) is 5.11 Å². The summed E-state index contributed by atoms with van der Waals surface area (Å²) in [6.07, 6.45) is 7.80. The zero-order chi connectivity index (χ0) is 14.1. The lowest BCUT2D eigenvalue weighted by atomic mass is 10.0. The zero-order valence-electron chi connectivity index (χ0n) is 12.0. The molecule has 1 atom stereocenters. The van der Waals surface area contributed by atoms with Crippen LogP contribution in [0.15, 0.2) is 18.2 Å². The number of hydrogen-bond acceptors (Lipinski definition) is 2. The summed E-state index contributed by atoms with van der Waals surface area (Å²) in [4.78, 5) is 0. The second-order valence-corrected chi connectivity index (χ2v) is 5.37. The summed E-state index contributed by atoms with van der Waals surface area (Å²) < 4.78 is 5.10. The Kier molecular flexibility index (Phi) is 7.92. The van der Waals surface area contributed by atoms with Gasteiger partial charge in [-0.15, -0.1) is 0 Å². The molecule has 19 heavy (non-hydrogen) atoms. The third-order valence-electron chi connectivity index (χ3n) is 3.39. The molecule has 108 valence electrons. The molecule has 0 saturated carbocycles. The van der Waals surface area contributed by atoms with Crippen molar-refractivity contribution in [2.24, 2.45) is 0 Å². The molecule has 0 aromatic heterocycles. The summed E-state index contributed by atoms with van der Waals surface area (Å²) in [5.41, 5.74) is 0.874. The molecule has 0 saturated heterocycles. The first kappa shape index (κ1) is 16.3. The molecule has 0 spiro atoms. The van der Waals surface area contributed by atoms with Crippen molar-refractivity contribution in [3.05, 3.63) is 28.8 Å². The van der Waals surface area contributed by atoms with Gasteiger partial charge in [0.05, 0.1) is 18.2 Å². The Morgan fingerprint density at radius 2 is 1.84 bits per heavy atom. The molecule has 1 unspecified atom stereocenters. The van der Waals surface area contributed by atoms with Crippen molar-refractivity contribution < 1.29 is 9.84 Å². The van der Waals surface area contributed by atoms with E-state index in [0.717, 1.165) is 18.4 Å². The van der Waals surface area contributed by atoms with Gasteiger partial charge in [0.2, 0.25) is 0 Å². The SMILES string of the molecule is CCCCCCCCC(O)c1ccc(OC)c(Cl)c1. The highest BCUT2D eigenvalue weighted by Gasteiger charge is 2.09. The van der Waals surface area contributed by atoms with Crippen LogP contribution in [0.4, 0.5) is 0 Å². The van der Waals surface area contributed by atoms with Gasteiger partial charge in [0.1, 0.15) is 5.75 Å². The van der Waals surface area contributed by atoms with Crippen LogP contribution in [0.5, 0.6) is 5.75 Å². The molecule has 0 aliphatic heterocycles. The first-order chi connectivity index (χ1) is 9.19. The standard InChI is InChI=1S/C16H25ClO2/c1-3-4-5-6-7-8-9-15(18)13-10-11-16(19-2)14(17)12-13/h10-12,15,18H,3-9H2,1-2H3. The van der Waals surface area contributed by atoms with Crippen LogP contribution in [0.3, 0.4) is 0 Å². The van der Waals surface area contributed by atoms with Crippen LogP contribution in [-0.4, -0.2) is 12.2 Å². The molecule has 0 heterocycles. The van der Waals surface area contributed by atoms with E-state index < -0.39 is 6.10 Å². The van der Waals surface area contributed by atoms with Gasteiger partial charge in [0.25, 0.3) is 0 Å². The Labute approximate surface area is 121 Å². The van der Waals surface area contributed by atoms with Crippen molar-refractivity contribution in [3.63, 3.8) is 0 Å². The van der Waals surface area contributed by atoms with E-state index in [1.807, 2.05) is 12.1 Å². The monoisotopic (exact) mass is 284 g/mol. The average Bonchev–Trinajstić information content (AvgIpc) is 2.42. The fourth-order valence-corrected chi connectivity index (χ4v) is 2.44. The summed E-state index contributed by atoms with van der Waals surface area (Å²) in [6, 6.07) is 5.48. The molecular formula is C16H25ClO2. The van der Waals surface area contributed by atoms with Crippen molar-refractivity contribution in [3.8, 4) is 5.75 Å². The quantitative estimate of drug-likeness (QED) is 0.637. The minimum atomic E-state index is -0.422. The van der Waals surface area contributed by atoms with E-state index in [4.69, 9.17) is 16.3 Å². The van der Waals surface area contributed by atoms with Crippen LogP contribution in [0, 0.1) is 0 Å². The lowest BCUT2D eigenvalue weighted by molar-refractivity contribution is 0.163. The van der Waals surface area contributed by atoms with Crippen molar-refractivity contribution in [1.29, 1.82) is 0 Å². The van der Waals surface area contributed by atoms with Gasteiger partial charge in [-0.3, -0.25) is 0 Å². The van der Waals surface area contributed by atoms with E-state index >= 15 is 0 Å². The minimum Gasteiger partial charge on any atom is -0.495 e. The first-order valence-corrected chi connectivity index (χ1v) is 7.58. The van der Waals surface area contributed by atoms with Crippen molar-refractivity contribution >= 4 is 11.6 Å². The molecule has 1 rings (SSSR count). The number of aliphatic hydroxyl groups excluding tert-OH is 1. The van der Waals surface area contributed by atoms with Gasteiger partial charge in [-0.05, 0) is 24.1 Å². The fourth-order valence-electron chi connectivity index (χ4n) is 2.17. The van der Waals surface area contributed by atoms with Crippen molar-refractivity contribution in [2.45, 2.75) is 58.0 Å². The number of hydrogen-bond donors (Lipinski definition) is 1. The Morgan fingerprint density at radius 3 is 2.47 bits per heavy atom. The third-order valence-corrected chi connectivity index (χ3v) is 3.69. The lowest BCUT2D eigenvalue weighted by Gasteiger charge is -2.12. The topological polar surface area (TPSA) is 29.5 Å². The highest BCUT2D eigenvalue weighted by molar-refractivity contribution is 6.32. The van der Waals surface area contributed by atoms with Gasteiger partial charge in [-0.1, -0.05) is 63.1 Å². The van der Waals surface area contributed by atoms with Crippen LogP contribution < -0.4 is 4.74 Å². The fraction of sp³-hybridized carbons (Fsp3) is 0.625. The molecular weight excluding hydrogens is 260 g/mol.